The van der Waals surface area contributed by atoms with Gasteiger partial charge in [0.15, 0.2) is 0 Å². The fraction of sp³-hybridized carbons (Fsp3) is 0.143. The molecule has 2 N–H and O–H groups in total. The average Bonchev–Trinajstić information content (AvgIpc) is 3.28. The molecule has 0 fully saturated rings. The van der Waals surface area contributed by atoms with Crippen molar-refractivity contribution in [2.45, 2.75) is 18.9 Å². The van der Waals surface area contributed by atoms with Gasteiger partial charge in [0.25, 0.3) is 10.9 Å². The van der Waals surface area contributed by atoms with Gasteiger partial charge >= 0.3 is 18.2 Å². The molecule has 0 spiro atoms. The molecule has 0 saturated carbocycles. The normalized spacial score (nSPS) is 12.2. The van der Waals surface area contributed by atoms with Crippen molar-refractivity contribution in [2.75, 3.05) is 10.6 Å². The quantitative estimate of drug-likeness (QED) is 0.248. The first kappa shape index (κ1) is 25.2. The Bertz CT molecular complexity index is 1520. The highest BCUT2D eigenvalue weighted by atomic mass is 35.5. The number of aromatic nitrogens is 2. The highest BCUT2D eigenvalue weighted by Crippen LogP contribution is 2.36. The highest BCUT2D eigenvalue weighted by Gasteiger charge is 2.38. The summed E-state index contributed by atoms with van der Waals surface area (Å²) >= 11 is 5.65. The van der Waals surface area contributed by atoms with E-state index in [2.05, 4.69) is 25.3 Å². The molecule has 0 radical (unpaired) electrons. The largest absolute Gasteiger partial charge is 0.471 e. The van der Waals surface area contributed by atoms with Crippen molar-refractivity contribution >= 4 is 28.7 Å². The maximum atomic E-state index is 14.5. The second-order valence-corrected chi connectivity index (χ2v) is 7.72. The molecule has 0 bridgehead atoms. The van der Waals surface area contributed by atoms with Crippen LogP contribution in [0.15, 0.2) is 50.5 Å². The lowest BCUT2D eigenvalue weighted by molar-refractivity contribution is -0.159. The van der Waals surface area contributed by atoms with Crippen LogP contribution < -0.4 is 21.5 Å². The lowest BCUT2D eigenvalue weighted by Gasteiger charge is -2.16. The fourth-order valence-corrected chi connectivity index (χ4v) is 3.42. The highest BCUT2D eigenvalue weighted by molar-refractivity contribution is 6.31. The number of benzene rings is 2. The van der Waals surface area contributed by atoms with Crippen LogP contribution in [0.4, 0.5) is 47.8 Å². The zero-order valence-corrected chi connectivity index (χ0v) is 18.1. The molecule has 3 aromatic carbocycles. The molecule has 0 unspecified atom stereocenters. The van der Waals surface area contributed by atoms with Crippen LogP contribution in [0.2, 0.25) is 5.02 Å². The van der Waals surface area contributed by atoms with Crippen LogP contribution in [0.3, 0.4) is 0 Å². The number of anilines is 3. The molecule has 4 rings (SSSR count). The second-order valence-electron chi connectivity index (χ2n) is 7.31. The maximum Gasteiger partial charge on any atom is 0.471 e. The first-order chi connectivity index (χ1) is 16.8. The lowest BCUT2D eigenvalue weighted by Crippen LogP contribution is -2.36. The molecule has 0 amide bonds. The van der Waals surface area contributed by atoms with E-state index in [-0.39, 0.29) is 34.7 Å². The first-order valence-corrected chi connectivity index (χ1v) is 10.0. The molecule has 188 valence electrons. The van der Waals surface area contributed by atoms with Crippen molar-refractivity contribution < 1.29 is 35.3 Å². The number of alkyl halides is 6. The SMILES string of the molecule is O=c1c(NCc2ccc(-c3noc(C(F)(F)F)n3)c(F)c2)c(Nc2ccc(C(F)(F)F)c(Cl)c2)c1=O. The summed E-state index contributed by atoms with van der Waals surface area (Å²) in [6, 6.07) is 6.01. The number of halogens is 8. The van der Waals surface area contributed by atoms with Gasteiger partial charge in [0.1, 0.15) is 17.2 Å². The van der Waals surface area contributed by atoms with Gasteiger partial charge in [-0.05, 0) is 35.9 Å². The Morgan fingerprint density at radius 3 is 2.19 bits per heavy atom. The number of hydrogen-bond acceptors (Lipinski definition) is 7. The Hall–Kier alpha value is -3.94. The summed E-state index contributed by atoms with van der Waals surface area (Å²) in [5.41, 5.74) is -3.50. The lowest BCUT2D eigenvalue weighted by atomic mass is 10.1. The van der Waals surface area contributed by atoms with Crippen molar-refractivity contribution in [3.05, 3.63) is 84.7 Å². The van der Waals surface area contributed by atoms with Crippen molar-refractivity contribution in [1.82, 2.24) is 10.1 Å². The summed E-state index contributed by atoms with van der Waals surface area (Å²) in [6.45, 7) is -0.190. The summed E-state index contributed by atoms with van der Waals surface area (Å²) in [5.74, 6) is -3.24. The molecule has 0 aliphatic heterocycles. The van der Waals surface area contributed by atoms with Gasteiger partial charge in [-0.25, -0.2) is 4.39 Å². The number of hydrogen-bond donors (Lipinski definition) is 2. The molecule has 0 saturated heterocycles. The zero-order valence-electron chi connectivity index (χ0n) is 17.3. The van der Waals surface area contributed by atoms with E-state index < -0.39 is 51.3 Å². The van der Waals surface area contributed by atoms with Crippen molar-refractivity contribution in [1.29, 1.82) is 0 Å². The third-order valence-corrected chi connectivity index (χ3v) is 5.18. The minimum Gasteiger partial charge on any atom is -0.376 e. The number of nitrogens with zero attached hydrogens (tertiary/aromatic N) is 2. The van der Waals surface area contributed by atoms with Crippen molar-refractivity contribution in [3.8, 4) is 11.4 Å². The maximum absolute atomic E-state index is 14.5. The van der Waals surface area contributed by atoms with Gasteiger partial charge < -0.3 is 15.2 Å². The molecule has 0 aliphatic rings. The third-order valence-electron chi connectivity index (χ3n) is 4.87. The second kappa shape index (κ2) is 8.93. The minimum absolute atomic E-state index is 0.0110. The first-order valence-electron chi connectivity index (χ1n) is 9.66. The minimum atomic E-state index is -4.90. The number of rotatable bonds is 6. The molecule has 0 atom stereocenters. The standard InChI is InChI=1S/C21H10ClF7N4O3/c22-12-6-9(2-4-11(12)20(24,25)26)31-15-14(16(34)17(15)35)30-7-8-1-3-10(13(23)5-8)18-32-19(36-33-18)21(27,28)29/h1-6,30-31H,7H2. The molecule has 7 nitrogen and oxygen atoms in total. The zero-order chi connectivity index (χ0) is 26.4. The summed E-state index contributed by atoms with van der Waals surface area (Å²) < 4.78 is 94.9. The van der Waals surface area contributed by atoms with Crippen LogP contribution >= 0.6 is 11.6 Å². The predicted octanol–water partition coefficient (Wildman–Crippen LogP) is 5.52. The molecular formula is C21H10ClF7N4O3. The summed E-state index contributed by atoms with van der Waals surface area (Å²) in [5, 5.41) is 7.61. The Labute approximate surface area is 200 Å². The molecule has 1 aromatic heterocycles. The van der Waals surface area contributed by atoms with Crippen LogP contribution in [0, 0.1) is 5.82 Å². The third kappa shape index (κ3) is 4.89. The van der Waals surface area contributed by atoms with Crippen LogP contribution in [0.25, 0.3) is 11.4 Å². The predicted molar refractivity (Wildman–Crippen MR) is 113 cm³/mol. The van der Waals surface area contributed by atoms with Gasteiger partial charge in [0.05, 0.1) is 16.1 Å². The Morgan fingerprint density at radius 2 is 1.61 bits per heavy atom. The Balaban J connectivity index is 1.48. The van der Waals surface area contributed by atoms with Gasteiger partial charge in [-0.15, -0.1) is 0 Å². The Morgan fingerprint density at radius 1 is 0.917 bits per heavy atom. The van der Waals surface area contributed by atoms with Gasteiger partial charge in [-0.1, -0.05) is 22.8 Å². The smallest absolute Gasteiger partial charge is 0.376 e. The van der Waals surface area contributed by atoms with E-state index in [1.807, 2.05) is 0 Å². The van der Waals surface area contributed by atoms with E-state index in [9.17, 15) is 40.3 Å². The molecule has 4 aromatic rings. The average molecular weight is 535 g/mol. The van der Waals surface area contributed by atoms with E-state index in [1.165, 1.54) is 6.07 Å². The molecule has 36 heavy (non-hydrogen) atoms. The van der Waals surface area contributed by atoms with Crippen molar-refractivity contribution in [3.63, 3.8) is 0 Å². The van der Waals surface area contributed by atoms with Crippen LogP contribution in [-0.2, 0) is 18.9 Å². The number of nitrogens with one attached hydrogen (secondary N) is 2. The topological polar surface area (TPSA) is 97.1 Å². The van der Waals surface area contributed by atoms with Gasteiger partial charge in [0.2, 0.25) is 5.82 Å². The van der Waals surface area contributed by atoms with Gasteiger partial charge in [0, 0.05) is 12.2 Å². The van der Waals surface area contributed by atoms with Crippen LogP contribution in [-0.4, -0.2) is 10.1 Å². The monoisotopic (exact) mass is 534 g/mol. The molecule has 1 heterocycles. The fourth-order valence-electron chi connectivity index (χ4n) is 3.14. The summed E-state index contributed by atoms with van der Waals surface area (Å²) in [6.07, 6.45) is -9.58. The van der Waals surface area contributed by atoms with Crippen LogP contribution in [0.5, 0.6) is 0 Å². The van der Waals surface area contributed by atoms with E-state index >= 15 is 0 Å². The van der Waals surface area contributed by atoms with E-state index in [0.29, 0.717) is 6.07 Å². The Kier molecular flexibility index (Phi) is 6.24. The summed E-state index contributed by atoms with van der Waals surface area (Å²) in [7, 11) is 0. The van der Waals surface area contributed by atoms with Gasteiger partial charge in [-0.2, -0.15) is 31.3 Å². The van der Waals surface area contributed by atoms with Crippen molar-refractivity contribution in [2.24, 2.45) is 0 Å². The van der Waals surface area contributed by atoms with Crippen LogP contribution in [0.1, 0.15) is 17.0 Å². The van der Waals surface area contributed by atoms with Gasteiger partial charge in [-0.3, -0.25) is 9.59 Å². The van der Waals surface area contributed by atoms with E-state index in [0.717, 1.165) is 24.3 Å². The summed E-state index contributed by atoms with van der Waals surface area (Å²) in [4.78, 5) is 27.0. The molecule has 15 heteroatoms. The molecular weight excluding hydrogens is 525 g/mol. The van der Waals surface area contributed by atoms with E-state index in [4.69, 9.17) is 11.6 Å². The van der Waals surface area contributed by atoms with E-state index in [1.54, 1.807) is 0 Å². The molecule has 0 aliphatic carbocycles.